The lowest BCUT2D eigenvalue weighted by molar-refractivity contribution is 0.102. The van der Waals surface area contributed by atoms with Gasteiger partial charge in [0.2, 0.25) is 0 Å². The van der Waals surface area contributed by atoms with Crippen molar-refractivity contribution in [2.24, 2.45) is 0 Å². The third-order valence-corrected chi connectivity index (χ3v) is 3.35. The number of amides is 1. The molecule has 0 aliphatic heterocycles. The fourth-order valence-corrected chi connectivity index (χ4v) is 2.10. The maximum absolute atomic E-state index is 13.6. The maximum atomic E-state index is 13.6. The molecule has 0 aromatic heterocycles. The second-order valence-electron chi connectivity index (χ2n) is 5.16. The van der Waals surface area contributed by atoms with E-state index >= 15 is 0 Å². The van der Waals surface area contributed by atoms with E-state index in [0.29, 0.717) is 17.6 Å². The minimum absolute atomic E-state index is 0.113. The Bertz CT molecular complexity index is 894. The Labute approximate surface area is 141 Å². The normalized spacial score (nSPS) is 10.4. The predicted octanol–water partition coefficient (Wildman–Crippen LogP) is 5.15. The minimum Gasteiger partial charge on any atom is -0.457 e. The van der Waals surface area contributed by atoms with Crippen LogP contribution in [0.15, 0.2) is 66.7 Å². The SMILES string of the molecule is O=C(Nc1ccc(F)cc1F)c1ccc(Oc2ccc(F)cc2)cc1. The lowest BCUT2D eigenvalue weighted by atomic mass is 10.2. The van der Waals surface area contributed by atoms with Crippen molar-refractivity contribution in [1.82, 2.24) is 0 Å². The van der Waals surface area contributed by atoms with Crippen molar-refractivity contribution in [2.75, 3.05) is 5.32 Å². The summed E-state index contributed by atoms with van der Waals surface area (Å²) in [5.41, 5.74) is 0.160. The molecule has 0 spiro atoms. The number of rotatable bonds is 4. The molecule has 0 heterocycles. The van der Waals surface area contributed by atoms with Crippen LogP contribution < -0.4 is 10.1 Å². The summed E-state index contributed by atoms with van der Waals surface area (Å²) < 4.78 is 44.8. The van der Waals surface area contributed by atoms with Crippen molar-refractivity contribution in [3.8, 4) is 11.5 Å². The van der Waals surface area contributed by atoms with Gasteiger partial charge in [0.1, 0.15) is 29.0 Å². The molecule has 126 valence electrons. The molecule has 0 saturated carbocycles. The van der Waals surface area contributed by atoms with Gasteiger partial charge in [-0.3, -0.25) is 4.79 Å². The van der Waals surface area contributed by atoms with Gasteiger partial charge in [-0.15, -0.1) is 0 Å². The fourth-order valence-electron chi connectivity index (χ4n) is 2.10. The van der Waals surface area contributed by atoms with Gasteiger partial charge in [-0.25, -0.2) is 13.2 Å². The lowest BCUT2D eigenvalue weighted by Crippen LogP contribution is -2.12. The Morgan fingerprint density at radius 1 is 0.760 bits per heavy atom. The summed E-state index contributed by atoms with van der Waals surface area (Å²) in [6, 6.07) is 14.5. The van der Waals surface area contributed by atoms with Crippen molar-refractivity contribution >= 4 is 11.6 Å². The van der Waals surface area contributed by atoms with Crippen molar-refractivity contribution in [3.63, 3.8) is 0 Å². The number of halogens is 3. The number of ether oxygens (including phenoxy) is 1. The van der Waals surface area contributed by atoms with Crippen LogP contribution in [0.2, 0.25) is 0 Å². The Morgan fingerprint density at radius 3 is 1.92 bits per heavy atom. The molecule has 1 N–H and O–H groups in total. The first-order chi connectivity index (χ1) is 12.0. The smallest absolute Gasteiger partial charge is 0.255 e. The second-order valence-corrected chi connectivity index (χ2v) is 5.16. The highest BCUT2D eigenvalue weighted by atomic mass is 19.1. The molecular weight excluding hydrogens is 331 g/mol. The zero-order chi connectivity index (χ0) is 17.8. The van der Waals surface area contributed by atoms with E-state index in [2.05, 4.69) is 5.32 Å². The number of nitrogens with one attached hydrogen (secondary N) is 1. The van der Waals surface area contributed by atoms with Gasteiger partial charge < -0.3 is 10.1 Å². The molecule has 0 radical (unpaired) electrons. The molecule has 3 nitrogen and oxygen atoms in total. The monoisotopic (exact) mass is 343 g/mol. The van der Waals surface area contributed by atoms with E-state index < -0.39 is 17.5 Å². The van der Waals surface area contributed by atoms with Gasteiger partial charge in [0.15, 0.2) is 0 Å². The van der Waals surface area contributed by atoms with Gasteiger partial charge in [-0.05, 0) is 60.7 Å². The second kappa shape index (κ2) is 7.09. The van der Waals surface area contributed by atoms with Crippen molar-refractivity contribution in [1.29, 1.82) is 0 Å². The average molecular weight is 343 g/mol. The van der Waals surface area contributed by atoms with E-state index in [1.165, 1.54) is 36.4 Å². The van der Waals surface area contributed by atoms with Crippen LogP contribution in [0.4, 0.5) is 18.9 Å². The first-order valence-electron chi connectivity index (χ1n) is 7.31. The lowest BCUT2D eigenvalue weighted by Gasteiger charge is -2.08. The molecule has 0 aliphatic rings. The standard InChI is InChI=1S/C19H12F3NO2/c20-13-3-8-16(9-4-13)25-15-6-1-12(2-7-15)19(24)23-18-10-5-14(21)11-17(18)22/h1-11H,(H,23,24). The summed E-state index contributed by atoms with van der Waals surface area (Å²) in [4.78, 5) is 12.1. The maximum Gasteiger partial charge on any atom is 0.255 e. The summed E-state index contributed by atoms with van der Waals surface area (Å²) in [5.74, 6) is -1.59. The number of carbonyl (C=O) groups excluding carboxylic acids is 1. The van der Waals surface area contributed by atoms with Crippen LogP contribution >= 0.6 is 0 Å². The summed E-state index contributed by atoms with van der Waals surface area (Å²) >= 11 is 0. The van der Waals surface area contributed by atoms with Gasteiger partial charge in [0.25, 0.3) is 5.91 Å². The predicted molar refractivity (Wildman–Crippen MR) is 87.2 cm³/mol. The molecule has 1 amide bonds. The van der Waals surface area contributed by atoms with Gasteiger partial charge in [-0.1, -0.05) is 0 Å². The highest BCUT2D eigenvalue weighted by Crippen LogP contribution is 2.22. The van der Waals surface area contributed by atoms with E-state index in [-0.39, 0.29) is 17.1 Å². The zero-order valence-electron chi connectivity index (χ0n) is 12.8. The molecule has 0 fully saturated rings. The van der Waals surface area contributed by atoms with Crippen molar-refractivity contribution in [3.05, 3.63) is 89.7 Å². The quantitative estimate of drug-likeness (QED) is 0.711. The Balaban J connectivity index is 1.68. The highest BCUT2D eigenvalue weighted by Gasteiger charge is 2.10. The van der Waals surface area contributed by atoms with Crippen LogP contribution in [0.1, 0.15) is 10.4 Å². The van der Waals surface area contributed by atoms with Gasteiger partial charge in [-0.2, -0.15) is 0 Å². The molecule has 0 unspecified atom stereocenters. The summed E-state index contributed by atoms with van der Waals surface area (Å²) in [7, 11) is 0. The van der Waals surface area contributed by atoms with Crippen molar-refractivity contribution < 1.29 is 22.7 Å². The molecule has 0 bridgehead atoms. The van der Waals surface area contributed by atoms with E-state index in [1.54, 1.807) is 12.1 Å². The van der Waals surface area contributed by atoms with Gasteiger partial charge in [0.05, 0.1) is 5.69 Å². The number of hydrogen-bond acceptors (Lipinski definition) is 2. The minimum atomic E-state index is -0.857. The van der Waals surface area contributed by atoms with E-state index in [9.17, 15) is 18.0 Å². The summed E-state index contributed by atoms with van der Waals surface area (Å²) in [6.07, 6.45) is 0. The average Bonchev–Trinajstić information content (AvgIpc) is 2.60. The van der Waals surface area contributed by atoms with Crippen LogP contribution in [-0.4, -0.2) is 5.91 Å². The van der Waals surface area contributed by atoms with Crippen molar-refractivity contribution in [2.45, 2.75) is 0 Å². The molecule has 3 aromatic carbocycles. The molecule has 25 heavy (non-hydrogen) atoms. The Hall–Kier alpha value is -3.28. The summed E-state index contributed by atoms with van der Waals surface area (Å²) in [6.45, 7) is 0. The molecule has 3 rings (SSSR count). The molecule has 0 saturated heterocycles. The van der Waals surface area contributed by atoms with Gasteiger partial charge in [0, 0.05) is 11.6 Å². The van der Waals surface area contributed by atoms with Crippen LogP contribution in [0.5, 0.6) is 11.5 Å². The molecule has 3 aromatic rings. The Kier molecular flexibility index (Phi) is 4.70. The summed E-state index contributed by atoms with van der Waals surface area (Å²) in [5, 5.41) is 2.37. The number of hydrogen-bond donors (Lipinski definition) is 1. The molecule has 0 aliphatic carbocycles. The van der Waals surface area contributed by atoms with Crippen LogP contribution in [0, 0.1) is 17.5 Å². The van der Waals surface area contributed by atoms with E-state index in [1.807, 2.05) is 0 Å². The number of anilines is 1. The number of carbonyl (C=O) groups is 1. The third kappa shape index (κ3) is 4.17. The first-order valence-corrected chi connectivity index (χ1v) is 7.31. The van der Waals surface area contributed by atoms with E-state index in [0.717, 1.165) is 12.1 Å². The molecular formula is C19H12F3NO2. The van der Waals surface area contributed by atoms with Crippen LogP contribution in [-0.2, 0) is 0 Å². The topological polar surface area (TPSA) is 38.3 Å². The van der Waals surface area contributed by atoms with Crippen LogP contribution in [0.25, 0.3) is 0 Å². The largest absolute Gasteiger partial charge is 0.457 e. The highest BCUT2D eigenvalue weighted by molar-refractivity contribution is 6.04. The fraction of sp³-hybridized carbons (Fsp3) is 0. The van der Waals surface area contributed by atoms with Crippen LogP contribution in [0.3, 0.4) is 0 Å². The zero-order valence-corrected chi connectivity index (χ0v) is 12.8. The molecule has 6 heteroatoms. The van der Waals surface area contributed by atoms with E-state index in [4.69, 9.17) is 4.74 Å². The first kappa shape index (κ1) is 16.6. The Morgan fingerprint density at radius 2 is 1.32 bits per heavy atom. The van der Waals surface area contributed by atoms with Gasteiger partial charge >= 0.3 is 0 Å². The molecule has 0 atom stereocenters. The number of benzene rings is 3. The third-order valence-electron chi connectivity index (χ3n) is 3.35.